The Bertz CT molecular complexity index is 1160. The highest BCUT2D eigenvalue weighted by Gasteiger charge is 2.17. The van der Waals surface area contributed by atoms with Crippen molar-refractivity contribution in [2.24, 2.45) is 10.2 Å². The summed E-state index contributed by atoms with van der Waals surface area (Å²) in [6, 6.07) is 16.3. The SMILES string of the molecule is N#CCCCn1c(O)c(N=NC(=O)CNC(=O)c2ccccc2I)c2ccccc21. The van der Waals surface area contributed by atoms with E-state index in [9.17, 15) is 14.7 Å². The molecule has 1 aromatic heterocycles. The van der Waals surface area contributed by atoms with E-state index in [-0.39, 0.29) is 24.0 Å². The number of aromatic hydroxyl groups is 1. The summed E-state index contributed by atoms with van der Waals surface area (Å²) >= 11 is 2.05. The van der Waals surface area contributed by atoms with E-state index in [0.29, 0.717) is 30.3 Å². The van der Waals surface area contributed by atoms with Gasteiger partial charge in [0, 0.05) is 21.9 Å². The zero-order valence-corrected chi connectivity index (χ0v) is 18.0. The fraction of sp³-hybridized carbons (Fsp3) is 0.190. The van der Waals surface area contributed by atoms with E-state index in [1.807, 2.05) is 40.8 Å². The molecule has 0 spiro atoms. The van der Waals surface area contributed by atoms with Crippen LogP contribution in [0.15, 0.2) is 58.8 Å². The van der Waals surface area contributed by atoms with Crippen LogP contribution < -0.4 is 5.32 Å². The summed E-state index contributed by atoms with van der Waals surface area (Å²) in [5.41, 5.74) is 1.39. The van der Waals surface area contributed by atoms with Gasteiger partial charge in [0.2, 0.25) is 5.88 Å². The molecule has 0 aliphatic heterocycles. The number of para-hydroxylation sites is 1. The van der Waals surface area contributed by atoms with Gasteiger partial charge in [-0.25, -0.2) is 0 Å². The Morgan fingerprint density at radius 3 is 2.67 bits per heavy atom. The molecule has 3 rings (SSSR count). The number of fused-ring (bicyclic) bond motifs is 1. The minimum Gasteiger partial charge on any atom is -0.493 e. The molecule has 0 aliphatic rings. The predicted octanol–water partition coefficient (Wildman–Crippen LogP) is 4.30. The van der Waals surface area contributed by atoms with Crippen LogP contribution in [0.2, 0.25) is 0 Å². The molecule has 0 radical (unpaired) electrons. The lowest BCUT2D eigenvalue weighted by Crippen LogP contribution is -2.29. The number of azo groups is 1. The quantitative estimate of drug-likeness (QED) is 0.277. The average Bonchev–Trinajstić information content (AvgIpc) is 3.02. The molecule has 0 fully saturated rings. The Labute approximate surface area is 186 Å². The summed E-state index contributed by atoms with van der Waals surface area (Å²) in [6.07, 6.45) is 0.934. The molecule has 8 nitrogen and oxygen atoms in total. The molecule has 0 saturated heterocycles. The van der Waals surface area contributed by atoms with Crippen molar-refractivity contribution in [1.82, 2.24) is 9.88 Å². The molecular formula is C21H18IN5O3. The van der Waals surface area contributed by atoms with Crippen LogP contribution >= 0.6 is 22.6 Å². The van der Waals surface area contributed by atoms with Crippen molar-refractivity contribution in [3.63, 3.8) is 0 Å². The van der Waals surface area contributed by atoms with E-state index >= 15 is 0 Å². The fourth-order valence-corrected chi connectivity index (χ4v) is 3.58. The Hall–Kier alpha value is -3.26. The van der Waals surface area contributed by atoms with Crippen molar-refractivity contribution in [1.29, 1.82) is 5.26 Å². The van der Waals surface area contributed by atoms with Gasteiger partial charge in [-0.3, -0.25) is 9.59 Å². The van der Waals surface area contributed by atoms with Gasteiger partial charge < -0.3 is 15.0 Å². The summed E-state index contributed by atoms with van der Waals surface area (Å²) in [7, 11) is 0. The van der Waals surface area contributed by atoms with Crippen molar-refractivity contribution in [3.8, 4) is 11.9 Å². The summed E-state index contributed by atoms with van der Waals surface area (Å²) in [4.78, 5) is 24.3. The number of unbranched alkanes of at least 4 members (excludes halogenated alkanes) is 1. The van der Waals surface area contributed by atoms with E-state index in [4.69, 9.17) is 5.26 Å². The number of hydrogen-bond donors (Lipinski definition) is 2. The normalized spacial score (nSPS) is 10.9. The Morgan fingerprint density at radius 1 is 1.17 bits per heavy atom. The van der Waals surface area contributed by atoms with Crippen LogP contribution in [0.25, 0.3) is 10.9 Å². The van der Waals surface area contributed by atoms with Crippen LogP contribution in [0, 0.1) is 14.9 Å². The van der Waals surface area contributed by atoms with Gasteiger partial charge in [0.25, 0.3) is 11.8 Å². The average molecular weight is 515 g/mol. The van der Waals surface area contributed by atoms with Crippen LogP contribution in [-0.4, -0.2) is 28.0 Å². The van der Waals surface area contributed by atoms with E-state index in [1.54, 1.807) is 34.9 Å². The van der Waals surface area contributed by atoms with Gasteiger partial charge in [-0.1, -0.05) is 30.3 Å². The number of amides is 2. The van der Waals surface area contributed by atoms with Gasteiger partial charge >= 0.3 is 0 Å². The summed E-state index contributed by atoms with van der Waals surface area (Å²) < 4.78 is 2.42. The van der Waals surface area contributed by atoms with Crippen molar-refractivity contribution >= 4 is 51.0 Å². The van der Waals surface area contributed by atoms with Crippen molar-refractivity contribution in [2.75, 3.05) is 6.54 Å². The van der Waals surface area contributed by atoms with Crippen LogP contribution in [0.3, 0.4) is 0 Å². The Balaban J connectivity index is 1.73. The number of nitrogens with one attached hydrogen (secondary N) is 1. The second-order valence-electron chi connectivity index (χ2n) is 6.36. The lowest BCUT2D eigenvalue weighted by atomic mass is 10.2. The number of carbonyl (C=O) groups is 2. The molecule has 0 unspecified atom stereocenters. The fourth-order valence-electron chi connectivity index (χ4n) is 2.95. The first-order valence-electron chi connectivity index (χ1n) is 9.17. The first-order chi connectivity index (χ1) is 14.5. The number of nitrogens with zero attached hydrogens (tertiary/aromatic N) is 4. The van der Waals surface area contributed by atoms with Gasteiger partial charge in [0.1, 0.15) is 6.54 Å². The number of hydrogen-bond acceptors (Lipinski definition) is 5. The second-order valence-corrected chi connectivity index (χ2v) is 7.52. The highest BCUT2D eigenvalue weighted by molar-refractivity contribution is 14.1. The van der Waals surface area contributed by atoms with Crippen LogP contribution in [0.4, 0.5) is 5.69 Å². The first kappa shape index (κ1) is 21.4. The predicted molar refractivity (Wildman–Crippen MR) is 119 cm³/mol. The number of aromatic nitrogens is 1. The molecule has 0 bridgehead atoms. The van der Waals surface area contributed by atoms with E-state index in [1.165, 1.54) is 0 Å². The second kappa shape index (κ2) is 9.98. The maximum atomic E-state index is 12.2. The van der Waals surface area contributed by atoms with Crippen LogP contribution in [0.1, 0.15) is 23.2 Å². The molecule has 1 heterocycles. The van der Waals surface area contributed by atoms with Gasteiger partial charge in [-0.2, -0.15) is 5.26 Å². The molecule has 2 amide bonds. The van der Waals surface area contributed by atoms with Crippen LogP contribution in [-0.2, 0) is 11.3 Å². The molecule has 3 aromatic rings. The third-order valence-corrected chi connectivity index (χ3v) is 5.31. The lowest BCUT2D eigenvalue weighted by molar-refractivity contribution is -0.117. The smallest absolute Gasteiger partial charge is 0.283 e. The van der Waals surface area contributed by atoms with E-state index in [2.05, 4.69) is 21.6 Å². The number of benzene rings is 2. The molecule has 2 aromatic carbocycles. The van der Waals surface area contributed by atoms with Gasteiger partial charge in [0.05, 0.1) is 17.1 Å². The minimum atomic E-state index is -0.644. The van der Waals surface area contributed by atoms with Crippen molar-refractivity contribution in [2.45, 2.75) is 19.4 Å². The number of rotatable bonds is 7. The zero-order chi connectivity index (χ0) is 21.5. The van der Waals surface area contributed by atoms with Gasteiger partial charge in [-0.05, 0) is 47.2 Å². The molecule has 0 atom stereocenters. The van der Waals surface area contributed by atoms with Crippen molar-refractivity contribution < 1.29 is 14.7 Å². The Kier molecular flexibility index (Phi) is 7.13. The third kappa shape index (κ3) is 4.83. The van der Waals surface area contributed by atoms with Gasteiger partial charge in [-0.15, -0.1) is 10.2 Å². The maximum Gasteiger partial charge on any atom is 0.283 e. The zero-order valence-electron chi connectivity index (χ0n) is 15.9. The molecule has 2 N–H and O–H groups in total. The van der Waals surface area contributed by atoms with Crippen LogP contribution in [0.5, 0.6) is 5.88 Å². The monoisotopic (exact) mass is 515 g/mol. The van der Waals surface area contributed by atoms with Crippen molar-refractivity contribution in [3.05, 3.63) is 57.7 Å². The molecule has 0 aliphatic carbocycles. The number of aryl methyl sites for hydroxylation is 1. The number of nitriles is 1. The lowest BCUT2D eigenvalue weighted by Gasteiger charge is -2.04. The van der Waals surface area contributed by atoms with Gasteiger partial charge in [0.15, 0.2) is 5.69 Å². The summed E-state index contributed by atoms with van der Waals surface area (Å²) in [6.45, 7) is 0.129. The topological polar surface area (TPSA) is 120 Å². The third-order valence-electron chi connectivity index (χ3n) is 4.37. The highest BCUT2D eigenvalue weighted by atomic mass is 127. The molecule has 152 valence electrons. The minimum absolute atomic E-state index is 0.117. The number of carbonyl (C=O) groups excluding carboxylic acids is 2. The maximum absolute atomic E-state index is 12.2. The molecule has 30 heavy (non-hydrogen) atoms. The standard InChI is InChI=1S/C21H18IN5O3/c22-16-9-3-1-7-14(16)20(29)24-13-18(28)25-26-19-15-8-2-4-10-17(15)27(21(19)30)12-6-5-11-23/h1-4,7-10,30H,5-6,12-13H2,(H,24,29). The highest BCUT2D eigenvalue weighted by Crippen LogP contribution is 2.38. The molecular weight excluding hydrogens is 497 g/mol. The molecule has 9 heteroatoms. The Morgan fingerprint density at radius 2 is 1.90 bits per heavy atom. The van der Waals surface area contributed by atoms with E-state index < -0.39 is 5.91 Å². The first-order valence-corrected chi connectivity index (χ1v) is 10.2. The largest absolute Gasteiger partial charge is 0.493 e. The number of halogens is 1. The van der Waals surface area contributed by atoms with E-state index in [0.717, 1.165) is 9.09 Å². The summed E-state index contributed by atoms with van der Waals surface area (Å²) in [5.74, 6) is -1.14. The summed E-state index contributed by atoms with van der Waals surface area (Å²) in [5, 5.41) is 30.0. The molecule has 0 saturated carbocycles.